The minimum absolute atomic E-state index is 0.175. The van der Waals surface area contributed by atoms with Crippen LogP contribution >= 0.6 is 0 Å². The zero-order valence-electron chi connectivity index (χ0n) is 14.1. The Balaban J connectivity index is 2.02. The third-order valence-electron chi connectivity index (χ3n) is 4.27. The van der Waals surface area contributed by atoms with E-state index in [1.165, 1.54) is 0 Å². The Morgan fingerprint density at radius 3 is 2.87 bits per heavy atom. The maximum Gasteiger partial charge on any atom is 0.244 e. The molecule has 0 saturated carbocycles. The molecule has 5 nitrogen and oxygen atoms in total. The molecule has 1 unspecified atom stereocenters. The van der Waals surface area contributed by atoms with Gasteiger partial charge in [-0.15, -0.1) is 0 Å². The zero-order chi connectivity index (χ0) is 16.9. The van der Waals surface area contributed by atoms with Gasteiger partial charge in [-0.05, 0) is 43.9 Å². The van der Waals surface area contributed by atoms with Gasteiger partial charge in [0.15, 0.2) is 0 Å². The predicted octanol–water partition coefficient (Wildman–Crippen LogP) is 2.66. The van der Waals surface area contributed by atoms with Crippen molar-refractivity contribution < 1.29 is 9.59 Å². The van der Waals surface area contributed by atoms with Crippen molar-refractivity contribution in [3.05, 3.63) is 29.8 Å². The highest BCUT2D eigenvalue weighted by Gasteiger charge is 2.27. The second-order valence-electron chi connectivity index (χ2n) is 6.59. The van der Waals surface area contributed by atoms with Crippen LogP contribution in [0.15, 0.2) is 24.3 Å². The second kappa shape index (κ2) is 7.59. The smallest absolute Gasteiger partial charge is 0.244 e. The number of carbonyl (C=O) groups is 2. The summed E-state index contributed by atoms with van der Waals surface area (Å²) in [5.74, 6) is 0.0358. The SMILES string of the molecule is CCCC(C)(N)C(=O)Nc1cccc(CN2CCCCC2=O)c1. The number of nitrogens with one attached hydrogen (secondary N) is 1. The Morgan fingerprint density at radius 1 is 1.39 bits per heavy atom. The van der Waals surface area contributed by atoms with Crippen LogP contribution in [-0.4, -0.2) is 28.8 Å². The number of hydrogen-bond donors (Lipinski definition) is 2. The zero-order valence-corrected chi connectivity index (χ0v) is 14.1. The van der Waals surface area contributed by atoms with Gasteiger partial charge in [-0.25, -0.2) is 0 Å². The molecule has 0 aliphatic carbocycles. The average Bonchev–Trinajstić information content (AvgIpc) is 2.50. The first kappa shape index (κ1) is 17.5. The van der Waals surface area contributed by atoms with Crippen molar-refractivity contribution in [3.8, 4) is 0 Å². The van der Waals surface area contributed by atoms with Crippen LogP contribution < -0.4 is 11.1 Å². The molecule has 1 aliphatic rings. The predicted molar refractivity (Wildman–Crippen MR) is 91.8 cm³/mol. The molecule has 0 spiro atoms. The summed E-state index contributed by atoms with van der Waals surface area (Å²) < 4.78 is 0. The van der Waals surface area contributed by atoms with Crippen molar-refractivity contribution in [2.24, 2.45) is 5.73 Å². The lowest BCUT2D eigenvalue weighted by atomic mass is 9.96. The highest BCUT2D eigenvalue weighted by atomic mass is 16.2. The Hall–Kier alpha value is -1.88. The van der Waals surface area contributed by atoms with Crippen LogP contribution in [0.25, 0.3) is 0 Å². The topological polar surface area (TPSA) is 75.4 Å². The average molecular weight is 317 g/mol. The Labute approximate surface area is 138 Å². The molecule has 1 aromatic carbocycles. The van der Waals surface area contributed by atoms with Crippen molar-refractivity contribution in [2.75, 3.05) is 11.9 Å². The first-order valence-corrected chi connectivity index (χ1v) is 8.39. The second-order valence-corrected chi connectivity index (χ2v) is 6.59. The fraction of sp³-hybridized carbons (Fsp3) is 0.556. The molecule has 2 rings (SSSR count). The Bertz CT molecular complexity index is 569. The normalized spacial score (nSPS) is 17.7. The molecule has 5 heteroatoms. The van der Waals surface area contributed by atoms with E-state index in [9.17, 15) is 9.59 Å². The molecule has 0 aromatic heterocycles. The molecule has 23 heavy (non-hydrogen) atoms. The summed E-state index contributed by atoms with van der Waals surface area (Å²) in [5, 5.41) is 2.89. The van der Waals surface area contributed by atoms with E-state index >= 15 is 0 Å². The maximum absolute atomic E-state index is 12.3. The number of carbonyl (C=O) groups excluding carboxylic acids is 2. The van der Waals surface area contributed by atoms with E-state index in [0.29, 0.717) is 19.4 Å². The van der Waals surface area contributed by atoms with Gasteiger partial charge in [-0.1, -0.05) is 25.5 Å². The largest absolute Gasteiger partial charge is 0.338 e. The first-order valence-electron chi connectivity index (χ1n) is 8.39. The van der Waals surface area contributed by atoms with Crippen LogP contribution in [0.2, 0.25) is 0 Å². The lowest BCUT2D eigenvalue weighted by Crippen LogP contribution is -2.48. The van der Waals surface area contributed by atoms with Crippen LogP contribution in [0.5, 0.6) is 0 Å². The van der Waals surface area contributed by atoms with Gasteiger partial charge in [-0.3, -0.25) is 9.59 Å². The van der Waals surface area contributed by atoms with E-state index in [1.54, 1.807) is 6.92 Å². The molecular weight excluding hydrogens is 290 g/mol. The minimum atomic E-state index is -0.867. The molecule has 1 saturated heterocycles. The molecule has 1 atom stereocenters. The number of benzene rings is 1. The first-order chi connectivity index (χ1) is 10.9. The molecule has 0 bridgehead atoms. The molecule has 1 aliphatic heterocycles. The van der Waals surface area contributed by atoms with Gasteiger partial charge in [0.2, 0.25) is 11.8 Å². The van der Waals surface area contributed by atoms with E-state index < -0.39 is 5.54 Å². The molecule has 1 aromatic rings. The van der Waals surface area contributed by atoms with Gasteiger partial charge in [-0.2, -0.15) is 0 Å². The van der Waals surface area contributed by atoms with Gasteiger partial charge in [0.05, 0.1) is 5.54 Å². The van der Waals surface area contributed by atoms with Crippen LogP contribution in [0.4, 0.5) is 5.69 Å². The molecule has 126 valence electrons. The summed E-state index contributed by atoms with van der Waals surface area (Å²) in [6, 6.07) is 7.64. The van der Waals surface area contributed by atoms with Crippen LogP contribution in [0.3, 0.4) is 0 Å². The van der Waals surface area contributed by atoms with Crippen molar-refractivity contribution in [1.82, 2.24) is 4.90 Å². The quantitative estimate of drug-likeness (QED) is 0.847. The summed E-state index contributed by atoms with van der Waals surface area (Å²) in [6.45, 7) is 5.17. The lowest BCUT2D eigenvalue weighted by molar-refractivity contribution is -0.133. The Kier molecular flexibility index (Phi) is 5.77. The number of piperidine rings is 1. The van der Waals surface area contributed by atoms with Gasteiger partial charge in [0.1, 0.15) is 0 Å². The van der Waals surface area contributed by atoms with Crippen LogP contribution in [-0.2, 0) is 16.1 Å². The summed E-state index contributed by atoms with van der Waals surface area (Å²) >= 11 is 0. The monoisotopic (exact) mass is 317 g/mol. The molecule has 2 amide bonds. The molecular formula is C18H27N3O2. The van der Waals surface area contributed by atoms with Gasteiger partial charge in [0, 0.05) is 25.2 Å². The lowest BCUT2D eigenvalue weighted by Gasteiger charge is -2.27. The minimum Gasteiger partial charge on any atom is -0.338 e. The number of rotatable bonds is 6. The van der Waals surface area contributed by atoms with E-state index in [-0.39, 0.29) is 11.8 Å². The van der Waals surface area contributed by atoms with Crippen LogP contribution in [0, 0.1) is 0 Å². The summed E-state index contributed by atoms with van der Waals surface area (Å²) in [7, 11) is 0. The van der Waals surface area contributed by atoms with E-state index in [1.807, 2.05) is 36.1 Å². The third-order valence-corrected chi connectivity index (χ3v) is 4.27. The van der Waals surface area contributed by atoms with Crippen LogP contribution in [0.1, 0.15) is 51.5 Å². The fourth-order valence-electron chi connectivity index (χ4n) is 2.90. The van der Waals surface area contributed by atoms with Crippen molar-refractivity contribution in [3.63, 3.8) is 0 Å². The van der Waals surface area contributed by atoms with Crippen molar-refractivity contribution >= 4 is 17.5 Å². The van der Waals surface area contributed by atoms with E-state index in [2.05, 4.69) is 5.32 Å². The number of anilines is 1. The third kappa shape index (κ3) is 4.79. The van der Waals surface area contributed by atoms with Gasteiger partial charge in [0.25, 0.3) is 0 Å². The highest BCUT2D eigenvalue weighted by Crippen LogP contribution is 2.18. The number of amides is 2. The molecule has 1 fully saturated rings. The molecule has 3 N–H and O–H groups in total. The summed E-state index contributed by atoms with van der Waals surface area (Å²) in [4.78, 5) is 26.1. The van der Waals surface area contributed by atoms with Crippen molar-refractivity contribution in [2.45, 2.75) is 58.0 Å². The molecule has 0 radical (unpaired) electrons. The van der Waals surface area contributed by atoms with Gasteiger partial charge >= 0.3 is 0 Å². The highest BCUT2D eigenvalue weighted by molar-refractivity contribution is 5.97. The summed E-state index contributed by atoms with van der Waals surface area (Å²) in [5.41, 5.74) is 6.94. The van der Waals surface area contributed by atoms with Crippen molar-refractivity contribution in [1.29, 1.82) is 0 Å². The number of likely N-dealkylation sites (tertiary alicyclic amines) is 1. The summed E-state index contributed by atoms with van der Waals surface area (Å²) in [6.07, 6.45) is 4.18. The number of nitrogens with two attached hydrogens (primary N) is 1. The standard InChI is InChI=1S/C18H27N3O2/c1-3-10-18(2,19)17(23)20-15-8-6-7-14(12-15)13-21-11-5-4-9-16(21)22/h6-8,12H,3-5,9-11,13,19H2,1-2H3,(H,20,23). The number of hydrogen-bond acceptors (Lipinski definition) is 3. The van der Waals surface area contributed by atoms with E-state index in [0.717, 1.165) is 37.1 Å². The number of nitrogens with zero attached hydrogens (tertiary/aromatic N) is 1. The maximum atomic E-state index is 12.3. The van der Waals surface area contributed by atoms with Gasteiger partial charge < -0.3 is 16.0 Å². The Morgan fingerprint density at radius 2 is 2.17 bits per heavy atom. The fourth-order valence-corrected chi connectivity index (χ4v) is 2.90. The molecule has 1 heterocycles. The van der Waals surface area contributed by atoms with E-state index in [4.69, 9.17) is 5.73 Å².